The molecule has 2 aromatic rings. The van der Waals surface area contributed by atoms with E-state index in [1.807, 2.05) is 17.9 Å². The van der Waals surface area contributed by atoms with Gasteiger partial charge in [0, 0.05) is 22.4 Å². The van der Waals surface area contributed by atoms with Crippen molar-refractivity contribution in [1.29, 1.82) is 0 Å². The third-order valence-corrected chi connectivity index (χ3v) is 5.34. The number of hydrogen-bond donors (Lipinski definition) is 2. The molecule has 0 saturated carbocycles. The molecule has 2 amide bonds. The maximum Gasteiger partial charge on any atom is 1.00 e. The largest absolute Gasteiger partial charge is 1.00 e. The molecule has 5 nitrogen and oxygen atoms in total. The number of likely N-dealkylation sites (N-methyl/N-ethyl adjacent to an activating group) is 1. The Morgan fingerprint density at radius 1 is 1.31 bits per heavy atom. The van der Waals surface area contributed by atoms with Crippen molar-refractivity contribution in [2.45, 2.75) is 19.4 Å². The van der Waals surface area contributed by atoms with Crippen LogP contribution in [0, 0.1) is 18.4 Å². The fourth-order valence-electron chi connectivity index (χ4n) is 3.28. The van der Waals surface area contributed by atoms with Gasteiger partial charge >= 0.3 is 51.4 Å². The van der Waals surface area contributed by atoms with Gasteiger partial charge in [0.1, 0.15) is 5.91 Å². The van der Waals surface area contributed by atoms with Gasteiger partial charge < -0.3 is 20.3 Å². The summed E-state index contributed by atoms with van der Waals surface area (Å²) in [4.78, 5) is 25.0. The van der Waals surface area contributed by atoms with E-state index >= 15 is 0 Å². The molecule has 0 fully saturated rings. The number of carbonyl (C=O) groups excluding carboxylic acids is 2. The summed E-state index contributed by atoms with van der Waals surface area (Å²) in [7, 11) is 1.77. The van der Waals surface area contributed by atoms with Crippen LogP contribution >= 0.6 is 34.8 Å². The summed E-state index contributed by atoms with van der Waals surface area (Å²) in [6, 6.07) is 9.97. The summed E-state index contributed by atoms with van der Waals surface area (Å²) < 4.78 is 12.6. The Kier molecular flexibility index (Phi) is 13.9. The Hall–Kier alpha value is -0.224. The summed E-state index contributed by atoms with van der Waals surface area (Å²) in [5.74, 6) is -0.572. The molecule has 10 heteroatoms. The van der Waals surface area contributed by atoms with Crippen molar-refractivity contribution < 1.29 is 65.4 Å². The molecule has 0 bridgehead atoms. The number of carbonyl (C=O) groups is 2. The molecule has 168 valence electrons. The Bertz CT molecular complexity index is 933. The third-order valence-electron chi connectivity index (χ3n) is 4.65. The van der Waals surface area contributed by atoms with Crippen LogP contribution in [-0.4, -0.2) is 42.7 Å². The smallest absolute Gasteiger partial charge is 0.541 e. The molecule has 32 heavy (non-hydrogen) atoms. The molecule has 1 atom stereocenters. The van der Waals surface area contributed by atoms with Gasteiger partial charge in [-0.15, -0.1) is 24.3 Å². The van der Waals surface area contributed by atoms with Crippen LogP contribution in [0.2, 0.25) is 10.0 Å². The zero-order valence-electron chi connectivity index (χ0n) is 18.1. The van der Waals surface area contributed by atoms with E-state index in [1.54, 1.807) is 13.1 Å². The number of amides is 2. The zero-order valence-corrected chi connectivity index (χ0v) is 23.5. The van der Waals surface area contributed by atoms with Gasteiger partial charge in [-0.2, -0.15) is 11.6 Å². The first-order valence-corrected chi connectivity index (χ1v) is 10.8. The third kappa shape index (κ3) is 8.53. The number of fused-ring (bicyclic) bond motifs is 1. The Labute approximate surface area is 245 Å². The molecule has 0 spiro atoms. The zero-order chi connectivity index (χ0) is 23.0. The van der Waals surface area contributed by atoms with E-state index in [2.05, 4.69) is 16.7 Å². The minimum atomic E-state index is -0.463. The standard InChI is InChI=1S/C13H16Cl2N2O.C9H7ClFNO.K/c1-8-13-9(5-10(14)6-11(13)15)3-4-17(8)12(18)7-16-2;10-4-5-12-9(13)7-2-1-3-8(11)6-7;/h5-6,8,16H,3-4,7H2,1-2H3;1,3,5-6H,4H2,(H,12,13);/q;-2;+1. The minimum absolute atomic E-state index is 0. The summed E-state index contributed by atoms with van der Waals surface area (Å²) in [6.45, 7) is 4.45. The van der Waals surface area contributed by atoms with Crippen LogP contribution in [0.3, 0.4) is 0 Å². The second-order valence-electron chi connectivity index (χ2n) is 6.76. The van der Waals surface area contributed by atoms with Gasteiger partial charge in [0.05, 0.1) is 12.6 Å². The molecule has 1 aliphatic rings. The number of benzene rings is 2. The van der Waals surface area contributed by atoms with Crippen LogP contribution in [0.25, 0.3) is 0 Å². The van der Waals surface area contributed by atoms with E-state index in [0.29, 0.717) is 23.1 Å². The summed E-state index contributed by atoms with van der Waals surface area (Å²) in [5.41, 5.74) is 2.33. The van der Waals surface area contributed by atoms with Crippen LogP contribution in [-0.2, 0) is 11.2 Å². The van der Waals surface area contributed by atoms with Gasteiger partial charge in [-0.05, 0) is 43.7 Å². The molecule has 1 unspecified atom stereocenters. The summed E-state index contributed by atoms with van der Waals surface area (Å²) in [6.07, 6.45) is 0.801. The number of nitrogens with zero attached hydrogens (tertiary/aromatic N) is 1. The first-order chi connectivity index (χ1) is 14.8. The molecule has 3 rings (SSSR count). The summed E-state index contributed by atoms with van der Waals surface area (Å²) in [5, 5.41) is 6.57. The second-order valence-corrected chi connectivity index (χ2v) is 7.91. The molecule has 0 aliphatic carbocycles. The molecule has 0 saturated heterocycles. The van der Waals surface area contributed by atoms with Gasteiger partial charge in [-0.1, -0.05) is 34.6 Å². The molecule has 0 aromatic heterocycles. The van der Waals surface area contributed by atoms with Crippen molar-refractivity contribution in [3.8, 4) is 0 Å². The number of rotatable bonds is 5. The average molecular weight is 526 g/mol. The SMILES string of the molecule is CNCC(=O)N1CCc2cc(Cl)cc(Cl)c2C1C.O=C(N[CH-]CCl)c1[c-]ccc(F)c1.[K+]. The van der Waals surface area contributed by atoms with Gasteiger partial charge in [0.2, 0.25) is 5.91 Å². The van der Waals surface area contributed by atoms with Crippen LogP contribution in [0.5, 0.6) is 0 Å². The predicted molar refractivity (Wildman–Crippen MR) is 122 cm³/mol. The second kappa shape index (κ2) is 14.9. The molecule has 1 heterocycles. The van der Waals surface area contributed by atoms with E-state index in [1.165, 1.54) is 18.7 Å². The van der Waals surface area contributed by atoms with Gasteiger partial charge in [0.15, 0.2) is 0 Å². The first kappa shape index (κ1) is 29.8. The normalized spacial score (nSPS) is 14.4. The maximum absolute atomic E-state index is 12.6. The van der Waals surface area contributed by atoms with Gasteiger partial charge in [-0.25, -0.2) is 10.9 Å². The summed E-state index contributed by atoms with van der Waals surface area (Å²) >= 11 is 17.6. The van der Waals surface area contributed by atoms with Crippen molar-refractivity contribution in [2.75, 3.05) is 26.0 Å². The van der Waals surface area contributed by atoms with E-state index in [4.69, 9.17) is 34.8 Å². The Morgan fingerprint density at radius 3 is 2.66 bits per heavy atom. The van der Waals surface area contributed by atoms with E-state index < -0.39 is 11.7 Å². The fourth-order valence-corrected chi connectivity index (χ4v) is 4.05. The van der Waals surface area contributed by atoms with E-state index in [9.17, 15) is 14.0 Å². The number of hydrogen-bond acceptors (Lipinski definition) is 3. The van der Waals surface area contributed by atoms with E-state index in [0.717, 1.165) is 23.6 Å². The van der Waals surface area contributed by atoms with Gasteiger partial charge in [-0.3, -0.25) is 4.79 Å². The minimum Gasteiger partial charge on any atom is -0.541 e. The molecule has 1 aliphatic heterocycles. The van der Waals surface area contributed by atoms with E-state index in [-0.39, 0.29) is 74.8 Å². The topological polar surface area (TPSA) is 61.4 Å². The van der Waals surface area contributed by atoms with Crippen molar-refractivity contribution in [1.82, 2.24) is 15.5 Å². The predicted octanol–water partition coefficient (Wildman–Crippen LogP) is 1.42. The van der Waals surface area contributed by atoms with Crippen LogP contribution in [0.15, 0.2) is 30.3 Å². The van der Waals surface area contributed by atoms with Crippen LogP contribution in [0.4, 0.5) is 4.39 Å². The molecular formula is C22H23Cl3FKN3O2-. The Balaban J connectivity index is 0.000000327. The van der Waals surface area contributed by atoms with Crippen LogP contribution < -0.4 is 62.0 Å². The van der Waals surface area contributed by atoms with Crippen molar-refractivity contribution >= 4 is 46.6 Å². The maximum atomic E-state index is 12.6. The van der Waals surface area contributed by atoms with Crippen LogP contribution in [0.1, 0.15) is 34.5 Å². The molecule has 2 aromatic carbocycles. The van der Waals surface area contributed by atoms with Crippen molar-refractivity contribution in [3.63, 3.8) is 0 Å². The monoisotopic (exact) mass is 524 g/mol. The Morgan fingerprint density at radius 2 is 2.03 bits per heavy atom. The number of alkyl halides is 1. The fraction of sp³-hybridized carbons (Fsp3) is 0.318. The molecule has 2 N–H and O–H groups in total. The number of halogens is 4. The van der Waals surface area contributed by atoms with Crippen molar-refractivity contribution in [2.24, 2.45) is 0 Å². The number of nitrogens with one attached hydrogen (secondary N) is 2. The van der Waals surface area contributed by atoms with Gasteiger partial charge in [0.25, 0.3) is 0 Å². The van der Waals surface area contributed by atoms with Crippen molar-refractivity contribution in [3.05, 3.63) is 75.5 Å². The average Bonchev–Trinajstić information content (AvgIpc) is 2.72. The first-order valence-electron chi connectivity index (χ1n) is 9.56. The molecule has 0 radical (unpaired) electrons. The quantitative estimate of drug-likeness (QED) is 0.353. The molecular weight excluding hydrogens is 503 g/mol.